The minimum Gasteiger partial charge on any atom is -0.481 e. The Morgan fingerprint density at radius 2 is 2.10 bits per heavy atom. The lowest BCUT2D eigenvalue weighted by molar-refractivity contribution is -0.152. The molecule has 0 radical (unpaired) electrons. The Morgan fingerprint density at radius 1 is 1.33 bits per heavy atom. The monoisotopic (exact) mass is 316 g/mol. The fraction of sp³-hybridized carbons (Fsp3) is 0.867. The Hall–Kier alpha value is -0.910. The van der Waals surface area contributed by atoms with E-state index >= 15 is 0 Å². The van der Waals surface area contributed by atoms with Gasteiger partial charge in [0.05, 0.1) is 5.41 Å². The molecule has 2 amide bonds. The van der Waals surface area contributed by atoms with Crippen molar-refractivity contribution in [3.63, 3.8) is 0 Å². The summed E-state index contributed by atoms with van der Waals surface area (Å²) in [5.41, 5.74) is -0.756. The van der Waals surface area contributed by atoms with E-state index in [4.69, 9.17) is 0 Å². The van der Waals surface area contributed by atoms with Crippen molar-refractivity contribution in [3.8, 4) is 0 Å². The molecule has 0 aromatic heterocycles. The number of nitrogens with one attached hydrogen (secondary N) is 1. The molecule has 0 saturated carbocycles. The molecule has 1 rings (SSSR count). The standard InChI is InChI=1S/C15H28N2O3S/c1-3-15(13(18)19)8-7-10-17(12-15)14(20)16-9-5-4-6-11-21-2/h3-12H2,1-2H3,(H,16,20)(H,18,19). The molecule has 5 nitrogen and oxygen atoms in total. The summed E-state index contributed by atoms with van der Waals surface area (Å²) in [7, 11) is 0. The first-order valence-electron chi connectivity index (χ1n) is 7.81. The van der Waals surface area contributed by atoms with Crippen molar-refractivity contribution in [2.24, 2.45) is 5.41 Å². The van der Waals surface area contributed by atoms with Crippen LogP contribution in [0.3, 0.4) is 0 Å². The summed E-state index contributed by atoms with van der Waals surface area (Å²) in [6.45, 7) is 3.56. The van der Waals surface area contributed by atoms with Crippen molar-refractivity contribution in [2.75, 3.05) is 31.6 Å². The Labute approximate surface area is 131 Å². The van der Waals surface area contributed by atoms with Crippen LogP contribution in [0.5, 0.6) is 0 Å². The van der Waals surface area contributed by atoms with Crippen LogP contribution in [0.2, 0.25) is 0 Å². The predicted molar refractivity (Wildman–Crippen MR) is 86.8 cm³/mol. The van der Waals surface area contributed by atoms with Gasteiger partial charge in [-0.3, -0.25) is 4.79 Å². The highest BCUT2D eigenvalue weighted by atomic mass is 32.2. The smallest absolute Gasteiger partial charge is 0.317 e. The van der Waals surface area contributed by atoms with Crippen molar-refractivity contribution >= 4 is 23.8 Å². The zero-order valence-corrected chi connectivity index (χ0v) is 14.0. The number of piperidine rings is 1. The van der Waals surface area contributed by atoms with Crippen LogP contribution in [0.1, 0.15) is 45.4 Å². The van der Waals surface area contributed by atoms with Gasteiger partial charge in [0, 0.05) is 19.6 Å². The Morgan fingerprint density at radius 3 is 2.71 bits per heavy atom. The fourth-order valence-electron chi connectivity index (χ4n) is 2.77. The van der Waals surface area contributed by atoms with Crippen molar-refractivity contribution in [3.05, 3.63) is 0 Å². The number of urea groups is 1. The largest absolute Gasteiger partial charge is 0.481 e. The zero-order chi connectivity index (χ0) is 15.7. The van der Waals surface area contributed by atoms with Crippen LogP contribution in [0.15, 0.2) is 0 Å². The highest BCUT2D eigenvalue weighted by molar-refractivity contribution is 7.98. The van der Waals surface area contributed by atoms with Gasteiger partial charge in [-0.05, 0) is 44.1 Å². The quantitative estimate of drug-likeness (QED) is 0.676. The molecule has 1 unspecified atom stereocenters. The van der Waals surface area contributed by atoms with E-state index in [9.17, 15) is 14.7 Å². The normalized spacial score (nSPS) is 22.1. The van der Waals surface area contributed by atoms with Crippen LogP contribution in [-0.4, -0.2) is 53.6 Å². The molecule has 0 aliphatic carbocycles. The first kappa shape index (κ1) is 18.1. The van der Waals surface area contributed by atoms with E-state index in [1.165, 1.54) is 6.42 Å². The number of nitrogens with zero attached hydrogens (tertiary/aromatic N) is 1. The minimum atomic E-state index is -0.778. The number of carboxylic acids is 1. The third-order valence-corrected chi connectivity index (χ3v) is 4.99. The van der Waals surface area contributed by atoms with E-state index in [1.54, 1.807) is 4.90 Å². The Balaban J connectivity index is 2.35. The van der Waals surface area contributed by atoms with Crippen LogP contribution >= 0.6 is 11.8 Å². The predicted octanol–water partition coefficient (Wildman–Crippen LogP) is 2.81. The molecule has 6 heteroatoms. The maximum absolute atomic E-state index is 12.1. The first-order chi connectivity index (χ1) is 10.1. The summed E-state index contributed by atoms with van der Waals surface area (Å²) in [6.07, 6.45) is 7.38. The van der Waals surface area contributed by atoms with E-state index in [2.05, 4.69) is 11.6 Å². The SMILES string of the molecule is CCC1(C(=O)O)CCCN(C(=O)NCCCCCSC)C1. The maximum Gasteiger partial charge on any atom is 0.317 e. The van der Waals surface area contributed by atoms with Crippen molar-refractivity contribution in [1.82, 2.24) is 10.2 Å². The van der Waals surface area contributed by atoms with E-state index in [1.807, 2.05) is 18.7 Å². The number of thioether (sulfide) groups is 1. The average Bonchev–Trinajstić information content (AvgIpc) is 2.50. The Kier molecular flexibility index (Phi) is 7.93. The third kappa shape index (κ3) is 5.41. The molecule has 21 heavy (non-hydrogen) atoms. The van der Waals surface area contributed by atoms with Gasteiger partial charge in [0.25, 0.3) is 0 Å². The number of carbonyl (C=O) groups excluding carboxylic acids is 1. The maximum atomic E-state index is 12.1. The second-order valence-corrected chi connectivity index (χ2v) is 6.74. The van der Waals surface area contributed by atoms with Crippen LogP contribution in [0, 0.1) is 5.41 Å². The molecule has 1 heterocycles. The number of hydrogen-bond donors (Lipinski definition) is 2. The molecule has 1 atom stereocenters. The molecule has 1 aliphatic rings. The lowest BCUT2D eigenvalue weighted by Crippen LogP contribution is -2.52. The summed E-state index contributed by atoms with van der Waals surface area (Å²) in [4.78, 5) is 25.3. The first-order valence-corrected chi connectivity index (χ1v) is 9.20. The van der Waals surface area contributed by atoms with Gasteiger partial charge in [-0.1, -0.05) is 13.3 Å². The summed E-state index contributed by atoms with van der Waals surface area (Å²) >= 11 is 1.84. The number of likely N-dealkylation sites (tertiary alicyclic amines) is 1. The van der Waals surface area contributed by atoms with Gasteiger partial charge >= 0.3 is 12.0 Å². The fourth-order valence-corrected chi connectivity index (χ4v) is 3.27. The molecule has 2 N–H and O–H groups in total. The number of carbonyl (C=O) groups is 2. The zero-order valence-electron chi connectivity index (χ0n) is 13.2. The number of aliphatic carboxylic acids is 1. The van der Waals surface area contributed by atoms with Gasteiger partial charge in [-0.2, -0.15) is 11.8 Å². The molecule has 122 valence electrons. The van der Waals surface area contributed by atoms with Gasteiger partial charge in [-0.15, -0.1) is 0 Å². The van der Waals surface area contributed by atoms with Gasteiger partial charge in [0.15, 0.2) is 0 Å². The number of rotatable bonds is 8. The van der Waals surface area contributed by atoms with Gasteiger partial charge in [0.2, 0.25) is 0 Å². The summed E-state index contributed by atoms with van der Waals surface area (Å²) in [5, 5.41) is 12.3. The second kappa shape index (κ2) is 9.18. The molecule has 0 aromatic rings. The highest BCUT2D eigenvalue weighted by Gasteiger charge is 2.42. The van der Waals surface area contributed by atoms with Crippen molar-refractivity contribution < 1.29 is 14.7 Å². The lowest BCUT2D eigenvalue weighted by atomic mass is 9.78. The van der Waals surface area contributed by atoms with E-state index < -0.39 is 11.4 Å². The molecule has 0 aromatic carbocycles. The summed E-state index contributed by atoms with van der Waals surface area (Å²) < 4.78 is 0. The number of hydrogen-bond acceptors (Lipinski definition) is 3. The van der Waals surface area contributed by atoms with Gasteiger partial charge in [-0.25, -0.2) is 4.79 Å². The van der Waals surface area contributed by atoms with E-state index in [0.717, 1.165) is 25.0 Å². The lowest BCUT2D eigenvalue weighted by Gasteiger charge is -2.39. The third-order valence-electron chi connectivity index (χ3n) is 4.30. The topological polar surface area (TPSA) is 69.6 Å². The molecule has 0 spiro atoms. The number of unbranched alkanes of at least 4 members (excludes halogenated alkanes) is 2. The van der Waals surface area contributed by atoms with E-state index in [-0.39, 0.29) is 6.03 Å². The van der Waals surface area contributed by atoms with Gasteiger partial charge < -0.3 is 15.3 Å². The van der Waals surface area contributed by atoms with E-state index in [0.29, 0.717) is 32.5 Å². The van der Waals surface area contributed by atoms with Crippen molar-refractivity contribution in [1.29, 1.82) is 0 Å². The van der Waals surface area contributed by atoms with Crippen LogP contribution in [0.4, 0.5) is 4.79 Å². The van der Waals surface area contributed by atoms with Crippen LogP contribution in [-0.2, 0) is 4.79 Å². The second-order valence-electron chi connectivity index (χ2n) is 5.75. The van der Waals surface area contributed by atoms with Crippen molar-refractivity contribution in [2.45, 2.75) is 45.4 Å². The molecule has 0 bridgehead atoms. The van der Waals surface area contributed by atoms with Crippen LogP contribution < -0.4 is 5.32 Å². The van der Waals surface area contributed by atoms with Gasteiger partial charge in [0.1, 0.15) is 0 Å². The highest BCUT2D eigenvalue weighted by Crippen LogP contribution is 2.33. The molecule has 1 fully saturated rings. The number of carboxylic acid groups (broad SMARTS) is 1. The minimum absolute atomic E-state index is 0.112. The Bertz CT molecular complexity index is 352. The number of amides is 2. The molecular formula is C15H28N2O3S. The molecule has 1 saturated heterocycles. The summed E-state index contributed by atoms with van der Waals surface area (Å²) in [5.74, 6) is 0.386. The molecular weight excluding hydrogens is 288 g/mol. The molecule has 1 aliphatic heterocycles. The van der Waals surface area contributed by atoms with Crippen LogP contribution in [0.25, 0.3) is 0 Å². The average molecular weight is 316 g/mol. The summed E-state index contributed by atoms with van der Waals surface area (Å²) in [6, 6.07) is -0.112.